The largest absolute Gasteiger partial charge is 0.416 e. The molecule has 0 N–H and O–H groups in total. The second-order valence-electron chi connectivity index (χ2n) is 3.34. The average molecular weight is 228 g/mol. The van der Waals surface area contributed by atoms with Crippen molar-refractivity contribution in [2.24, 2.45) is 0 Å². The van der Waals surface area contributed by atoms with Crippen LogP contribution >= 0.6 is 0 Å². The van der Waals surface area contributed by atoms with E-state index in [-0.39, 0.29) is 11.1 Å². The smallest absolute Gasteiger partial charge is 0.289 e. The second kappa shape index (κ2) is 4.51. The maximum absolute atomic E-state index is 12.5. The summed E-state index contributed by atoms with van der Waals surface area (Å²) in [6, 6.07) is 3.61. The van der Waals surface area contributed by atoms with Crippen molar-refractivity contribution in [3.63, 3.8) is 0 Å². The summed E-state index contributed by atoms with van der Waals surface area (Å²) in [5, 5.41) is 0. The Morgan fingerprint density at radius 2 is 1.94 bits per heavy atom. The van der Waals surface area contributed by atoms with Crippen molar-refractivity contribution in [3.8, 4) is 0 Å². The van der Waals surface area contributed by atoms with Crippen LogP contribution in [0.15, 0.2) is 30.4 Å². The van der Waals surface area contributed by atoms with Crippen molar-refractivity contribution >= 4 is 5.78 Å². The quantitative estimate of drug-likeness (QED) is 0.556. The highest BCUT2D eigenvalue weighted by molar-refractivity contribution is 6.05. The van der Waals surface area contributed by atoms with Crippen LogP contribution in [0.25, 0.3) is 0 Å². The standard InChI is InChI=1S/C12H11F3O/c1-3-5-11(16)9-6-4-7-10(8(9)2)12(13,14)15/h3-7H,1-2H3/b5-3+. The molecule has 0 saturated carbocycles. The second-order valence-corrected chi connectivity index (χ2v) is 3.34. The first-order valence-corrected chi connectivity index (χ1v) is 4.71. The summed E-state index contributed by atoms with van der Waals surface area (Å²) < 4.78 is 37.6. The number of hydrogen-bond donors (Lipinski definition) is 0. The molecule has 0 atom stereocenters. The highest BCUT2D eigenvalue weighted by Crippen LogP contribution is 2.32. The Bertz CT molecular complexity index is 430. The molecule has 0 fully saturated rings. The zero-order valence-corrected chi connectivity index (χ0v) is 8.93. The molecule has 0 radical (unpaired) electrons. The minimum Gasteiger partial charge on any atom is -0.289 e. The molecular formula is C12H11F3O. The van der Waals surface area contributed by atoms with E-state index in [9.17, 15) is 18.0 Å². The van der Waals surface area contributed by atoms with Gasteiger partial charge in [0.05, 0.1) is 5.56 Å². The maximum Gasteiger partial charge on any atom is 0.416 e. The molecule has 0 bridgehead atoms. The molecule has 4 heteroatoms. The minimum atomic E-state index is -4.42. The Morgan fingerprint density at radius 3 is 2.44 bits per heavy atom. The van der Waals surface area contributed by atoms with Crippen LogP contribution in [0.2, 0.25) is 0 Å². The number of carbonyl (C=O) groups excluding carboxylic acids is 1. The Hall–Kier alpha value is -1.58. The van der Waals surface area contributed by atoms with Gasteiger partial charge in [-0.15, -0.1) is 0 Å². The average Bonchev–Trinajstić information content (AvgIpc) is 2.16. The molecule has 0 aromatic heterocycles. The molecule has 0 aliphatic heterocycles. The topological polar surface area (TPSA) is 17.1 Å². The molecule has 1 nitrogen and oxygen atoms in total. The SMILES string of the molecule is C/C=C/C(=O)c1cccc(C(F)(F)F)c1C. The van der Waals surface area contributed by atoms with E-state index in [1.165, 1.54) is 31.2 Å². The third-order valence-corrected chi connectivity index (χ3v) is 2.22. The van der Waals surface area contributed by atoms with Gasteiger partial charge in [0, 0.05) is 5.56 Å². The summed E-state index contributed by atoms with van der Waals surface area (Å²) in [5.74, 6) is -0.411. The van der Waals surface area contributed by atoms with Gasteiger partial charge in [0.15, 0.2) is 5.78 Å². The van der Waals surface area contributed by atoms with Crippen molar-refractivity contribution in [2.75, 3.05) is 0 Å². The molecule has 0 unspecified atom stereocenters. The molecular weight excluding hydrogens is 217 g/mol. The Balaban J connectivity index is 3.30. The van der Waals surface area contributed by atoms with Gasteiger partial charge in [-0.2, -0.15) is 13.2 Å². The number of benzene rings is 1. The highest BCUT2D eigenvalue weighted by atomic mass is 19.4. The number of halogens is 3. The van der Waals surface area contributed by atoms with Crippen LogP contribution in [-0.2, 0) is 6.18 Å². The van der Waals surface area contributed by atoms with Gasteiger partial charge < -0.3 is 0 Å². The molecule has 0 heterocycles. The Labute approximate surface area is 91.6 Å². The van der Waals surface area contributed by atoms with Crippen molar-refractivity contribution in [3.05, 3.63) is 47.0 Å². The molecule has 16 heavy (non-hydrogen) atoms. The Kier molecular flexibility index (Phi) is 3.52. The third kappa shape index (κ3) is 2.51. The molecule has 1 rings (SSSR count). The zero-order valence-electron chi connectivity index (χ0n) is 8.93. The van der Waals surface area contributed by atoms with Crippen molar-refractivity contribution in [1.82, 2.24) is 0 Å². The first-order chi connectivity index (χ1) is 7.38. The fraction of sp³-hybridized carbons (Fsp3) is 0.250. The van der Waals surface area contributed by atoms with Crippen molar-refractivity contribution < 1.29 is 18.0 Å². The van der Waals surface area contributed by atoms with E-state index in [4.69, 9.17) is 0 Å². The first kappa shape index (κ1) is 12.5. The predicted molar refractivity (Wildman–Crippen MR) is 55.3 cm³/mol. The number of alkyl halides is 3. The first-order valence-electron chi connectivity index (χ1n) is 4.71. The van der Waals surface area contributed by atoms with Gasteiger partial charge in [-0.3, -0.25) is 4.79 Å². The number of hydrogen-bond acceptors (Lipinski definition) is 1. The number of rotatable bonds is 2. The molecule has 0 saturated heterocycles. The number of ketones is 1. The minimum absolute atomic E-state index is 0.0295. The molecule has 1 aromatic carbocycles. The normalized spacial score (nSPS) is 12.1. The van der Waals surface area contributed by atoms with Crippen molar-refractivity contribution in [2.45, 2.75) is 20.0 Å². The lowest BCUT2D eigenvalue weighted by atomic mass is 9.99. The lowest BCUT2D eigenvalue weighted by Crippen LogP contribution is -2.10. The molecule has 1 aromatic rings. The summed E-state index contributed by atoms with van der Waals surface area (Å²) in [6.45, 7) is 2.94. The van der Waals surface area contributed by atoms with Crippen molar-refractivity contribution in [1.29, 1.82) is 0 Å². The van der Waals surface area contributed by atoms with Crippen LogP contribution in [0.4, 0.5) is 13.2 Å². The fourth-order valence-electron chi connectivity index (χ4n) is 1.45. The lowest BCUT2D eigenvalue weighted by molar-refractivity contribution is -0.138. The van der Waals surface area contributed by atoms with Gasteiger partial charge in [0.2, 0.25) is 0 Å². The van der Waals surface area contributed by atoms with Crippen LogP contribution in [0, 0.1) is 6.92 Å². The van der Waals surface area contributed by atoms with Gasteiger partial charge in [0.25, 0.3) is 0 Å². The lowest BCUT2D eigenvalue weighted by Gasteiger charge is -2.12. The van der Waals surface area contributed by atoms with E-state index in [2.05, 4.69) is 0 Å². The molecule has 0 amide bonds. The monoisotopic (exact) mass is 228 g/mol. The number of allylic oxidation sites excluding steroid dienone is 2. The van der Waals surface area contributed by atoms with E-state index in [1.54, 1.807) is 6.92 Å². The van der Waals surface area contributed by atoms with Crippen LogP contribution < -0.4 is 0 Å². The summed E-state index contributed by atoms with van der Waals surface area (Å²) in [5.41, 5.74) is -0.700. The summed E-state index contributed by atoms with van der Waals surface area (Å²) in [7, 11) is 0. The van der Waals surface area contributed by atoms with Gasteiger partial charge in [-0.25, -0.2) is 0 Å². The van der Waals surface area contributed by atoms with E-state index < -0.39 is 17.5 Å². The summed E-state index contributed by atoms with van der Waals surface area (Å²) in [4.78, 5) is 11.5. The third-order valence-electron chi connectivity index (χ3n) is 2.22. The van der Waals surface area contributed by atoms with Gasteiger partial charge in [0.1, 0.15) is 0 Å². The highest BCUT2D eigenvalue weighted by Gasteiger charge is 2.33. The van der Waals surface area contributed by atoms with Crippen LogP contribution in [0.1, 0.15) is 28.4 Å². The fourth-order valence-corrected chi connectivity index (χ4v) is 1.45. The summed E-state index contributed by atoms with van der Waals surface area (Å²) in [6.07, 6.45) is -1.67. The van der Waals surface area contributed by atoms with E-state index in [1.807, 2.05) is 0 Å². The number of carbonyl (C=O) groups is 1. The van der Waals surface area contributed by atoms with Gasteiger partial charge in [-0.05, 0) is 31.6 Å². The molecule has 86 valence electrons. The van der Waals surface area contributed by atoms with Crippen LogP contribution in [0.3, 0.4) is 0 Å². The maximum atomic E-state index is 12.5. The molecule has 0 aliphatic carbocycles. The van der Waals surface area contributed by atoms with E-state index >= 15 is 0 Å². The van der Waals surface area contributed by atoms with E-state index in [0.717, 1.165) is 6.07 Å². The zero-order chi connectivity index (χ0) is 12.3. The Morgan fingerprint density at radius 1 is 1.31 bits per heavy atom. The molecule has 0 spiro atoms. The van der Waals surface area contributed by atoms with Crippen LogP contribution in [-0.4, -0.2) is 5.78 Å². The molecule has 0 aliphatic rings. The van der Waals surface area contributed by atoms with E-state index in [0.29, 0.717) is 0 Å². The predicted octanol–water partition coefficient (Wildman–Crippen LogP) is 3.77. The van der Waals surface area contributed by atoms with Crippen LogP contribution in [0.5, 0.6) is 0 Å². The van der Waals surface area contributed by atoms with Gasteiger partial charge in [-0.1, -0.05) is 18.2 Å². The summed E-state index contributed by atoms with van der Waals surface area (Å²) >= 11 is 0. The van der Waals surface area contributed by atoms with Gasteiger partial charge >= 0.3 is 6.18 Å².